The Hall–Kier alpha value is -3.15. The highest BCUT2D eigenvalue weighted by Crippen LogP contribution is 2.21. The van der Waals surface area contributed by atoms with Crippen LogP contribution in [-0.2, 0) is 4.74 Å². The molecular formula is C21H22N2O4. The van der Waals surface area contributed by atoms with Crippen LogP contribution >= 0.6 is 0 Å². The van der Waals surface area contributed by atoms with Crippen LogP contribution in [0.2, 0.25) is 0 Å². The zero-order valence-electron chi connectivity index (χ0n) is 16.1. The van der Waals surface area contributed by atoms with Crippen molar-refractivity contribution in [1.82, 2.24) is 9.72 Å². The molecular weight excluding hydrogens is 344 g/mol. The summed E-state index contributed by atoms with van der Waals surface area (Å²) in [5, 5.41) is 4.00. The van der Waals surface area contributed by atoms with Gasteiger partial charge in [0, 0.05) is 23.0 Å². The normalized spacial score (nSPS) is 10.9. The number of hydrogen-bond acceptors (Lipinski definition) is 5. The number of rotatable bonds is 5. The van der Waals surface area contributed by atoms with E-state index in [0.717, 1.165) is 22.5 Å². The zero-order valence-corrected chi connectivity index (χ0v) is 16.1. The fourth-order valence-corrected chi connectivity index (χ4v) is 3.12. The third-order valence-corrected chi connectivity index (χ3v) is 4.74. The second-order valence-corrected chi connectivity index (χ2v) is 6.66. The molecule has 0 bridgehead atoms. The Balaban J connectivity index is 1.77. The number of aromatic nitrogens is 2. The summed E-state index contributed by atoms with van der Waals surface area (Å²) in [4.78, 5) is 25.0. The molecule has 0 aliphatic rings. The Morgan fingerprint density at radius 1 is 1.07 bits per heavy atom. The molecule has 0 radical (unpaired) electrons. The van der Waals surface area contributed by atoms with Crippen molar-refractivity contribution in [2.24, 2.45) is 0 Å². The fourth-order valence-electron chi connectivity index (χ4n) is 3.12. The fraction of sp³-hybridized carbons (Fsp3) is 0.286. The van der Waals surface area contributed by atoms with E-state index in [1.54, 1.807) is 24.3 Å². The Morgan fingerprint density at radius 3 is 2.48 bits per heavy atom. The van der Waals surface area contributed by atoms with Gasteiger partial charge in [-0.05, 0) is 57.9 Å². The maximum absolute atomic E-state index is 12.6. The summed E-state index contributed by atoms with van der Waals surface area (Å²) in [6.07, 6.45) is 0. The summed E-state index contributed by atoms with van der Waals surface area (Å²) in [5.74, 6) is 0.556. The van der Waals surface area contributed by atoms with Crippen molar-refractivity contribution >= 4 is 11.8 Å². The molecule has 0 spiro atoms. The van der Waals surface area contributed by atoms with Gasteiger partial charge in [0.15, 0.2) is 12.4 Å². The van der Waals surface area contributed by atoms with Crippen molar-refractivity contribution in [3.05, 3.63) is 69.7 Å². The van der Waals surface area contributed by atoms with E-state index in [4.69, 9.17) is 9.26 Å². The van der Waals surface area contributed by atoms with Gasteiger partial charge in [0.05, 0.1) is 5.56 Å². The first-order valence-electron chi connectivity index (χ1n) is 8.68. The van der Waals surface area contributed by atoms with Crippen LogP contribution in [0, 0.1) is 34.6 Å². The molecule has 0 aliphatic carbocycles. The van der Waals surface area contributed by atoms with Gasteiger partial charge in [-0.3, -0.25) is 9.36 Å². The van der Waals surface area contributed by atoms with E-state index in [1.807, 2.05) is 45.3 Å². The number of esters is 1. The molecule has 2 heterocycles. The minimum Gasteiger partial charge on any atom is -0.454 e. The van der Waals surface area contributed by atoms with Gasteiger partial charge in [0.2, 0.25) is 5.78 Å². The molecule has 0 saturated heterocycles. The zero-order chi connectivity index (χ0) is 19.7. The molecule has 6 nitrogen and oxygen atoms in total. The molecule has 27 heavy (non-hydrogen) atoms. The predicted molar refractivity (Wildman–Crippen MR) is 101 cm³/mol. The molecule has 0 saturated carbocycles. The van der Waals surface area contributed by atoms with Crippen LogP contribution < -0.4 is 0 Å². The van der Waals surface area contributed by atoms with Gasteiger partial charge >= 0.3 is 5.97 Å². The number of carbonyl (C=O) groups excluding carboxylic acids is 2. The number of carbonyl (C=O) groups is 2. The Kier molecular flexibility index (Phi) is 4.99. The van der Waals surface area contributed by atoms with Crippen LogP contribution in [0.1, 0.15) is 49.0 Å². The van der Waals surface area contributed by atoms with Gasteiger partial charge < -0.3 is 9.26 Å². The molecule has 0 atom stereocenters. The maximum Gasteiger partial charge on any atom is 0.338 e. The summed E-state index contributed by atoms with van der Waals surface area (Å²) in [6.45, 7) is 9.00. The smallest absolute Gasteiger partial charge is 0.338 e. The molecule has 1 aromatic carbocycles. The van der Waals surface area contributed by atoms with E-state index in [9.17, 15) is 9.59 Å². The van der Waals surface area contributed by atoms with E-state index >= 15 is 0 Å². The number of ether oxygens (including phenoxy) is 1. The molecule has 140 valence electrons. The van der Waals surface area contributed by atoms with E-state index in [-0.39, 0.29) is 12.4 Å². The predicted octanol–water partition coefficient (Wildman–Crippen LogP) is 4.05. The van der Waals surface area contributed by atoms with Gasteiger partial charge in [-0.15, -0.1) is 0 Å². The first-order chi connectivity index (χ1) is 12.8. The van der Waals surface area contributed by atoms with Gasteiger partial charge in [-0.2, -0.15) is 0 Å². The largest absolute Gasteiger partial charge is 0.454 e. The van der Waals surface area contributed by atoms with Crippen LogP contribution in [0.25, 0.3) is 5.82 Å². The lowest BCUT2D eigenvalue weighted by atomic mass is 10.0. The Bertz CT molecular complexity index is 1030. The number of ketones is 1. The maximum atomic E-state index is 12.6. The third-order valence-electron chi connectivity index (χ3n) is 4.74. The number of aryl methyl sites for hydroxylation is 3. The lowest BCUT2D eigenvalue weighted by molar-refractivity contribution is 0.0473. The third kappa shape index (κ3) is 3.56. The highest BCUT2D eigenvalue weighted by molar-refractivity contribution is 6.00. The minimum absolute atomic E-state index is 0.256. The van der Waals surface area contributed by atoms with E-state index in [1.165, 1.54) is 0 Å². The molecule has 3 aromatic rings. The van der Waals surface area contributed by atoms with Crippen molar-refractivity contribution in [2.75, 3.05) is 6.61 Å². The number of benzene rings is 1. The molecule has 0 N–H and O–H groups in total. The van der Waals surface area contributed by atoms with Crippen LogP contribution in [0.5, 0.6) is 0 Å². The highest BCUT2D eigenvalue weighted by Gasteiger charge is 2.20. The molecule has 0 amide bonds. The lowest BCUT2D eigenvalue weighted by Crippen LogP contribution is -2.16. The first kappa shape index (κ1) is 18.6. The van der Waals surface area contributed by atoms with Crippen LogP contribution in [0.4, 0.5) is 0 Å². The summed E-state index contributed by atoms with van der Waals surface area (Å²) < 4.78 is 12.2. The van der Waals surface area contributed by atoms with Gasteiger partial charge in [0.25, 0.3) is 0 Å². The molecule has 0 aliphatic heterocycles. The lowest BCUT2D eigenvalue weighted by Gasteiger charge is -2.09. The van der Waals surface area contributed by atoms with Crippen molar-refractivity contribution in [3.63, 3.8) is 0 Å². The second kappa shape index (κ2) is 7.23. The molecule has 0 unspecified atom stereocenters. The van der Waals surface area contributed by atoms with Gasteiger partial charge in [-0.1, -0.05) is 17.3 Å². The highest BCUT2D eigenvalue weighted by atomic mass is 16.5. The topological polar surface area (TPSA) is 74.3 Å². The van der Waals surface area contributed by atoms with E-state index in [0.29, 0.717) is 22.7 Å². The summed E-state index contributed by atoms with van der Waals surface area (Å²) >= 11 is 0. The first-order valence-corrected chi connectivity index (χ1v) is 8.68. The Morgan fingerprint density at radius 2 is 1.81 bits per heavy atom. The summed E-state index contributed by atoms with van der Waals surface area (Å²) in [7, 11) is 0. The standard InChI is InChI=1S/C21H22N2O4/c1-12-7-6-8-17(15(12)4)21(25)26-11-19(24)18-9-13(2)23(16(18)5)20-10-14(3)27-22-20/h6-10H,11H2,1-5H3. The van der Waals surface area contributed by atoms with Gasteiger partial charge in [-0.25, -0.2) is 4.79 Å². The van der Waals surface area contributed by atoms with Crippen LogP contribution in [-0.4, -0.2) is 28.1 Å². The molecule has 6 heteroatoms. The molecule has 2 aromatic heterocycles. The van der Waals surface area contributed by atoms with E-state index < -0.39 is 5.97 Å². The minimum atomic E-state index is -0.495. The van der Waals surface area contributed by atoms with Crippen LogP contribution in [0.3, 0.4) is 0 Å². The van der Waals surface area contributed by atoms with Gasteiger partial charge in [0.1, 0.15) is 5.76 Å². The van der Waals surface area contributed by atoms with Crippen molar-refractivity contribution in [1.29, 1.82) is 0 Å². The van der Waals surface area contributed by atoms with Crippen LogP contribution in [0.15, 0.2) is 34.9 Å². The summed E-state index contributed by atoms with van der Waals surface area (Å²) in [5.41, 5.74) is 4.42. The quantitative estimate of drug-likeness (QED) is 0.503. The molecule has 3 rings (SSSR count). The SMILES string of the molecule is Cc1cc(-n2c(C)cc(C(=O)COC(=O)c3cccc(C)c3C)c2C)no1. The Labute approximate surface area is 157 Å². The van der Waals surface area contributed by atoms with Crippen molar-refractivity contribution in [2.45, 2.75) is 34.6 Å². The van der Waals surface area contributed by atoms with Crippen molar-refractivity contribution in [3.8, 4) is 5.82 Å². The van der Waals surface area contributed by atoms with Crippen molar-refractivity contribution < 1.29 is 18.8 Å². The average molecular weight is 366 g/mol. The van der Waals surface area contributed by atoms with E-state index in [2.05, 4.69) is 5.16 Å². The number of hydrogen-bond donors (Lipinski definition) is 0. The summed E-state index contributed by atoms with van der Waals surface area (Å²) in [6, 6.07) is 9.00. The monoisotopic (exact) mass is 366 g/mol. The number of nitrogens with zero attached hydrogens (tertiary/aromatic N) is 2. The second-order valence-electron chi connectivity index (χ2n) is 6.66. The average Bonchev–Trinajstić information content (AvgIpc) is 3.17. The molecule has 0 fully saturated rings. The number of Topliss-reactive ketones (excluding diaryl/α,β-unsaturated/α-hetero) is 1.